The fraction of sp³-hybridized carbons (Fsp3) is 0.625. The number of hydrogen-bond acceptors (Lipinski definition) is 2. The van der Waals surface area contributed by atoms with Crippen molar-refractivity contribution in [3.8, 4) is 0 Å². The van der Waals surface area contributed by atoms with Gasteiger partial charge in [0.05, 0.1) is 12.8 Å². The van der Waals surface area contributed by atoms with Gasteiger partial charge < -0.3 is 9.73 Å². The maximum absolute atomic E-state index is 5.30. The Morgan fingerprint density at radius 3 is 3.06 bits per heavy atom. The molecule has 2 nitrogen and oxygen atoms in total. The monoisotopic (exact) mass is 247 g/mol. The molecule has 1 N–H and O–H groups in total. The third-order valence-electron chi connectivity index (χ3n) is 4.14. The van der Waals surface area contributed by atoms with Crippen LogP contribution in [0.5, 0.6) is 0 Å². The van der Waals surface area contributed by atoms with E-state index in [1.807, 2.05) is 12.1 Å². The summed E-state index contributed by atoms with van der Waals surface area (Å²) in [7, 11) is 0. The summed E-state index contributed by atoms with van der Waals surface area (Å²) in [5, 5.41) is 3.46. The Balaban J connectivity index is 1.61. The van der Waals surface area contributed by atoms with Crippen molar-refractivity contribution in [3.63, 3.8) is 0 Å². The molecule has 0 aliphatic heterocycles. The van der Waals surface area contributed by atoms with E-state index in [2.05, 4.69) is 25.2 Å². The average molecular weight is 247 g/mol. The molecule has 0 spiro atoms. The van der Waals surface area contributed by atoms with Gasteiger partial charge in [0.15, 0.2) is 0 Å². The summed E-state index contributed by atoms with van der Waals surface area (Å²) < 4.78 is 5.30. The summed E-state index contributed by atoms with van der Waals surface area (Å²) in [6.45, 7) is 6.59. The van der Waals surface area contributed by atoms with Crippen molar-refractivity contribution in [2.75, 3.05) is 6.54 Å². The molecule has 1 aromatic rings. The minimum Gasteiger partial charge on any atom is -0.468 e. The first kappa shape index (κ1) is 13.4. The van der Waals surface area contributed by atoms with Crippen molar-refractivity contribution in [2.45, 2.75) is 46.1 Å². The highest BCUT2D eigenvalue weighted by atomic mass is 16.3. The summed E-state index contributed by atoms with van der Waals surface area (Å²) >= 11 is 0. The van der Waals surface area contributed by atoms with Crippen LogP contribution >= 0.6 is 0 Å². The van der Waals surface area contributed by atoms with Gasteiger partial charge in [-0.05, 0) is 63.1 Å². The van der Waals surface area contributed by atoms with Gasteiger partial charge in [0.2, 0.25) is 0 Å². The molecule has 0 saturated carbocycles. The van der Waals surface area contributed by atoms with E-state index in [0.717, 1.165) is 30.7 Å². The van der Waals surface area contributed by atoms with Crippen molar-refractivity contribution >= 4 is 0 Å². The first-order chi connectivity index (χ1) is 8.75. The van der Waals surface area contributed by atoms with Gasteiger partial charge in [0, 0.05) is 0 Å². The number of hydrogen-bond donors (Lipinski definition) is 1. The van der Waals surface area contributed by atoms with Crippen LogP contribution in [0, 0.1) is 11.8 Å². The van der Waals surface area contributed by atoms with Crippen molar-refractivity contribution in [2.24, 2.45) is 11.8 Å². The fourth-order valence-corrected chi connectivity index (χ4v) is 2.69. The summed E-state index contributed by atoms with van der Waals surface area (Å²) in [6.07, 6.45) is 9.39. The van der Waals surface area contributed by atoms with Crippen LogP contribution in [0.15, 0.2) is 34.5 Å². The zero-order valence-corrected chi connectivity index (χ0v) is 11.6. The lowest BCUT2D eigenvalue weighted by molar-refractivity contribution is 0.305. The lowest BCUT2D eigenvalue weighted by Gasteiger charge is -2.26. The fourth-order valence-electron chi connectivity index (χ4n) is 2.69. The van der Waals surface area contributed by atoms with E-state index in [-0.39, 0.29) is 0 Å². The lowest BCUT2D eigenvalue weighted by atomic mass is 9.80. The Hall–Kier alpha value is -1.02. The van der Waals surface area contributed by atoms with Crippen molar-refractivity contribution in [3.05, 3.63) is 35.8 Å². The normalized spacial score (nSPS) is 21.7. The second-order valence-electron chi connectivity index (χ2n) is 5.61. The highest BCUT2D eigenvalue weighted by molar-refractivity contribution is 5.03. The molecule has 0 bridgehead atoms. The molecule has 2 rings (SSSR count). The van der Waals surface area contributed by atoms with Crippen LogP contribution in [-0.4, -0.2) is 6.54 Å². The Labute approximate surface area is 110 Å². The minimum atomic E-state index is 0.818. The molecule has 0 amide bonds. The number of nitrogens with one attached hydrogen (secondary N) is 1. The van der Waals surface area contributed by atoms with Crippen LogP contribution in [0.4, 0.5) is 0 Å². The van der Waals surface area contributed by atoms with Gasteiger partial charge in [0.25, 0.3) is 0 Å². The molecule has 2 heteroatoms. The maximum atomic E-state index is 5.30. The molecule has 1 aliphatic rings. The number of allylic oxidation sites excluding steroid dienone is 2. The van der Waals surface area contributed by atoms with Gasteiger partial charge in [-0.25, -0.2) is 0 Å². The van der Waals surface area contributed by atoms with Crippen LogP contribution in [-0.2, 0) is 6.54 Å². The first-order valence-corrected chi connectivity index (χ1v) is 7.14. The Bertz CT molecular complexity index is 366. The van der Waals surface area contributed by atoms with E-state index in [9.17, 15) is 0 Å². The molecule has 100 valence electrons. The zero-order chi connectivity index (χ0) is 12.8. The third-order valence-corrected chi connectivity index (χ3v) is 4.14. The van der Waals surface area contributed by atoms with Crippen molar-refractivity contribution < 1.29 is 4.42 Å². The molecular weight excluding hydrogens is 222 g/mol. The first-order valence-electron chi connectivity index (χ1n) is 7.14. The molecule has 1 heterocycles. The van der Waals surface area contributed by atoms with Gasteiger partial charge >= 0.3 is 0 Å². The van der Waals surface area contributed by atoms with Gasteiger partial charge in [-0.15, -0.1) is 0 Å². The summed E-state index contributed by atoms with van der Waals surface area (Å²) in [5.74, 6) is 2.73. The number of rotatable bonds is 6. The molecule has 1 aromatic heterocycles. The SMILES string of the molecule is CC1=CC[C@H](C(C)CCNCc2ccco2)CC1. The molecule has 1 unspecified atom stereocenters. The van der Waals surface area contributed by atoms with E-state index < -0.39 is 0 Å². The molecular formula is C16H25NO. The van der Waals surface area contributed by atoms with Gasteiger partial charge in [-0.3, -0.25) is 0 Å². The quantitative estimate of drug-likeness (QED) is 0.603. The van der Waals surface area contributed by atoms with Crippen LogP contribution < -0.4 is 5.32 Å². The Morgan fingerprint density at radius 1 is 1.50 bits per heavy atom. The predicted molar refractivity (Wildman–Crippen MR) is 75.3 cm³/mol. The van der Waals surface area contributed by atoms with Crippen LogP contribution in [0.1, 0.15) is 45.3 Å². The van der Waals surface area contributed by atoms with Crippen LogP contribution in [0.25, 0.3) is 0 Å². The van der Waals surface area contributed by atoms with E-state index in [0.29, 0.717) is 0 Å². The lowest BCUT2D eigenvalue weighted by Crippen LogP contribution is -2.21. The molecule has 1 aliphatic carbocycles. The molecule has 0 saturated heterocycles. The largest absolute Gasteiger partial charge is 0.468 e. The van der Waals surface area contributed by atoms with Crippen molar-refractivity contribution in [1.82, 2.24) is 5.32 Å². The molecule has 18 heavy (non-hydrogen) atoms. The molecule has 0 radical (unpaired) electrons. The van der Waals surface area contributed by atoms with E-state index in [4.69, 9.17) is 4.42 Å². The molecule has 0 fully saturated rings. The minimum absolute atomic E-state index is 0.818. The Kier molecular flexibility index (Phi) is 5.06. The predicted octanol–water partition coefficient (Wildman–Crippen LogP) is 4.14. The summed E-state index contributed by atoms with van der Waals surface area (Å²) in [5.41, 5.74) is 1.58. The molecule has 0 aromatic carbocycles. The Morgan fingerprint density at radius 2 is 2.39 bits per heavy atom. The summed E-state index contributed by atoms with van der Waals surface area (Å²) in [4.78, 5) is 0. The van der Waals surface area contributed by atoms with Gasteiger partial charge in [0.1, 0.15) is 5.76 Å². The number of furan rings is 1. The zero-order valence-electron chi connectivity index (χ0n) is 11.6. The average Bonchev–Trinajstić information content (AvgIpc) is 2.88. The summed E-state index contributed by atoms with van der Waals surface area (Å²) in [6, 6.07) is 3.96. The maximum Gasteiger partial charge on any atom is 0.117 e. The second kappa shape index (κ2) is 6.79. The van der Waals surface area contributed by atoms with Gasteiger partial charge in [-0.2, -0.15) is 0 Å². The highest BCUT2D eigenvalue weighted by Gasteiger charge is 2.18. The van der Waals surface area contributed by atoms with Gasteiger partial charge in [-0.1, -0.05) is 18.6 Å². The molecule has 2 atom stereocenters. The topological polar surface area (TPSA) is 25.2 Å². The standard InChI is InChI=1S/C16H25NO/c1-13-5-7-15(8-6-13)14(2)9-10-17-12-16-4-3-11-18-16/h3-5,11,14-15,17H,6-10,12H2,1-2H3/t14?,15-/m0/s1. The second-order valence-corrected chi connectivity index (χ2v) is 5.61. The van der Waals surface area contributed by atoms with E-state index in [1.165, 1.54) is 25.7 Å². The van der Waals surface area contributed by atoms with Crippen LogP contribution in [0.3, 0.4) is 0 Å². The smallest absolute Gasteiger partial charge is 0.117 e. The van der Waals surface area contributed by atoms with Crippen molar-refractivity contribution in [1.29, 1.82) is 0 Å². The highest BCUT2D eigenvalue weighted by Crippen LogP contribution is 2.30. The van der Waals surface area contributed by atoms with Crippen LogP contribution in [0.2, 0.25) is 0 Å². The third kappa shape index (κ3) is 4.02. The van der Waals surface area contributed by atoms with E-state index in [1.54, 1.807) is 11.8 Å². The van der Waals surface area contributed by atoms with E-state index >= 15 is 0 Å².